The fourth-order valence-electron chi connectivity index (χ4n) is 2.61. The molecular weight excluding hydrogens is 208 g/mol. The molecule has 1 heterocycles. The van der Waals surface area contributed by atoms with Gasteiger partial charge in [0.25, 0.3) is 0 Å². The van der Waals surface area contributed by atoms with Gasteiger partial charge in [-0.3, -0.25) is 0 Å². The van der Waals surface area contributed by atoms with Gasteiger partial charge in [-0.15, -0.1) is 0 Å². The molecule has 2 atom stereocenters. The van der Waals surface area contributed by atoms with Crippen LogP contribution in [0.2, 0.25) is 0 Å². The zero-order chi connectivity index (χ0) is 12.1. The lowest BCUT2D eigenvalue weighted by molar-refractivity contribution is 0.354. The minimum absolute atomic E-state index is 0.144. The summed E-state index contributed by atoms with van der Waals surface area (Å²) in [7, 11) is 0. The summed E-state index contributed by atoms with van der Waals surface area (Å²) in [6.45, 7) is 3.33. The van der Waals surface area contributed by atoms with Crippen LogP contribution in [0.25, 0.3) is 0 Å². The highest BCUT2D eigenvalue weighted by Gasteiger charge is 2.20. The Morgan fingerprint density at radius 2 is 2.06 bits per heavy atom. The maximum Gasteiger partial charge on any atom is 0.0450 e. The number of aryl methyl sites for hydroxylation is 1. The van der Waals surface area contributed by atoms with Gasteiger partial charge in [0.1, 0.15) is 0 Å². The largest absolute Gasteiger partial charge is 0.323 e. The van der Waals surface area contributed by atoms with Crippen molar-refractivity contribution in [3.05, 3.63) is 35.4 Å². The fourth-order valence-corrected chi connectivity index (χ4v) is 2.61. The van der Waals surface area contributed by atoms with Crippen molar-refractivity contribution >= 4 is 0 Å². The van der Waals surface area contributed by atoms with E-state index in [-0.39, 0.29) is 6.04 Å². The van der Waals surface area contributed by atoms with Crippen molar-refractivity contribution in [2.24, 2.45) is 5.73 Å². The third kappa shape index (κ3) is 3.30. The van der Waals surface area contributed by atoms with Gasteiger partial charge in [-0.1, -0.05) is 44.0 Å². The second-order valence-electron chi connectivity index (χ2n) is 5.07. The zero-order valence-corrected chi connectivity index (χ0v) is 10.8. The molecule has 94 valence electrons. The van der Waals surface area contributed by atoms with E-state index < -0.39 is 0 Å². The zero-order valence-electron chi connectivity index (χ0n) is 10.8. The molecule has 17 heavy (non-hydrogen) atoms. The van der Waals surface area contributed by atoms with Crippen LogP contribution >= 0.6 is 0 Å². The summed E-state index contributed by atoms with van der Waals surface area (Å²) >= 11 is 0. The second-order valence-corrected chi connectivity index (χ2v) is 5.07. The Morgan fingerprint density at radius 1 is 1.29 bits per heavy atom. The summed E-state index contributed by atoms with van der Waals surface area (Å²) in [6, 6.07) is 9.45. The highest BCUT2D eigenvalue weighted by Crippen LogP contribution is 2.21. The number of benzene rings is 1. The Kier molecular flexibility index (Phi) is 4.57. The molecule has 2 rings (SSSR count). The lowest BCUT2D eigenvalue weighted by Crippen LogP contribution is -2.42. The molecule has 3 N–H and O–H groups in total. The van der Waals surface area contributed by atoms with Crippen LogP contribution in [0.5, 0.6) is 0 Å². The number of hydrogen-bond acceptors (Lipinski definition) is 2. The molecule has 1 aromatic rings. The molecule has 0 aromatic heterocycles. The van der Waals surface area contributed by atoms with E-state index in [0.29, 0.717) is 6.04 Å². The van der Waals surface area contributed by atoms with E-state index >= 15 is 0 Å². The van der Waals surface area contributed by atoms with Gasteiger partial charge in [0.15, 0.2) is 0 Å². The maximum atomic E-state index is 6.33. The molecule has 1 fully saturated rings. The molecule has 1 aliphatic rings. The number of nitrogens with one attached hydrogen (secondary N) is 1. The van der Waals surface area contributed by atoms with Crippen molar-refractivity contribution < 1.29 is 0 Å². The van der Waals surface area contributed by atoms with E-state index in [4.69, 9.17) is 5.73 Å². The standard InChI is InChI=1S/C15H24N2/c1-2-5-12-7-9-13(10-8-12)15(16)14-6-3-4-11-17-14/h7-10,14-15,17H,2-6,11,16H2,1H3. The monoisotopic (exact) mass is 232 g/mol. The van der Waals surface area contributed by atoms with E-state index in [1.54, 1.807) is 0 Å². The number of nitrogens with two attached hydrogens (primary N) is 1. The van der Waals surface area contributed by atoms with Crippen LogP contribution in [0.4, 0.5) is 0 Å². The SMILES string of the molecule is CCCc1ccc(C(N)C2CCCCN2)cc1. The maximum absolute atomic E-state index is 6.33. The van der Waals surface area contributed by atoms with Gasteiger partial charge < -0.3 is 11.1 Å². The Labute approximate surface area is 105 Å². The van der Waals surface area contributed by atoms with Gasteiger partial charge in [-0.05, 0) is 36.9 Å². The van der Waals surface area contributed by atoms with Crippen LogP contribution in [0.15, 0.2) is 24.3 Å². The fraction of sp³-hybridized carbons (Fsp3) is 0.600. The molecule has 0 saturated carbocycles. The van der Waals surface area contributed by atoms with Crippen molar-refractivity contribution in [2.75, 3.05) is 6.54 Å². The summed E-state index contributed by atoms with van der Waals surface area (Å²) in [5.74, 6) is 0. The second kappa shape index (κ2) is 6.18. The Bertz CT molecular complexity index is 325. The first-order chi connectivity index (χ1) is 8.31. The molecule has 0 aliphatic carbocycles. The van der Waals surface area contributed by atoms with Crippen molar-refractivity contribution in [2.45, 2.75) is 51.1 Å². The molecule has 1 saturated heterocycles. The van der Waals surface area contributed by atoms with Crippen LogP contribution in [0, 0.1) is 0 Å². The first-order valence-electron chi connectivity index (χ1n) is 6.89. The molecule has 0 spiro atoms. The molecule has 1 aromatic carbocycles. The molecule has 0 bridgehead atoms. The first-order valence-corrected chi connectivity index (χ1v) is 6.89. The van der Waals surface area contributed by atoms with Crippen LogP contribution in [0.1, 0.15) is 49.8 Å². The lowest BCUT2D eigenvalue weighted by Gasteiger charge is -2.29. The van der Waals surface area contributed by atoms with Crippen molar-refractivity contribution in [1.82, 2.24) is 5.32 Å². The summed E-state index contributed by atoms with van der Waals surface area (Å²) < 4.78 is 0. The lowest BCUT2D eigenvalue weighted by atomic mass is 9.92. The van der Waals surface area contributed by atoms with E-state index in [9.17, 15) is 0 Å². The van der Waals surface area contributed by atoms with Crippen LogP contribution in [-0.4, -0.2) is 12.6 Å². The number of piperidine rings is 1. The highest BCUT2D eigenvalue weighted by molar-refractivity contribution is 5.26. The minimum Gasteiger partial charge on any atom is -0.323 e. The third-order valence-corrected chi connectivity index (χ3v) is 3.69. The van der Waals surface area contributed by atoms with Crippen LogP contribution < -0.4 is 11.1 Å². The summed E-state index contributed by atoms with van der Waals surface area (Å²) in [4.78, 5) is 0. The van der Waals surface area contributed by atoms with Gasteiger partial charge in [-0.2, -0.15) is 0 Å². The quantitative estimate of drug-likeness (QED) is 0.837. The molecular formula is C15H24N2. The van der Waals surface area contributed by atoms with Gasteiger partial charge in [0, 0.05) is 12.1 Å². The van der Waals surface area contributed by atoms with Gasteiger partial charge >= 0.3 is 0 Å². The summed E-state index contributed by atoms with van der Waals surface area (Å²) in [5.41, 5.74) is 9.02. The normalized spacial score (nSPS) is 22.4. The predicted octanol–water partition coefficient (Wildman–Crippen LogP) is 2.78. The number of rotatable bonds is 4. The Morgan fingerprint density at radius 3 is 2.65 bits per heavy atom. The Hall–Kier alpha value is -0.860. The number of hydrogen-bond donors (Lipinski definition) is 2. The summed E-state index contributed by atoms with van der Waals surface area (Å²) in [6.07, 6.45) is 6.17. The van der Waals surface area contributed by atoms with E-state index in [1.165, 1.54) is 36.8 Å². The van der Waals surface area contributed by atoms with E-state index in [0.717, 1.165) is 13.0 Å². The molecule has 2 heteroatoms. The first kappa shape index (κ1) is 12.6. The third-order valence-electron chi connectivity index (χ3n) is 3.69. The molecule has 2 unspecified atom stereocenters. The van der Waals surface area contributed by atoms with E-state index in [1.807, 2.05) is 0 Å². The van der Waals surface area contributed by atoms with Gasteiger partial charge in [-0.25, -0.2) is 0 Å². The molecule has 2 nitrogen and oxygen atoms in total. The smallest absolute Gasteiger partial charge is 0.0450 e. The van der Waals surface area contributed by atoms with Crippen molar-refractivity contribution in [3.8, 4) is 0 Å². The predicted molar refractivity (Wildman–Crippen MR) is 73.0 cm³/mol. The van der Waals surface area contributed by atoms with Crippen LogP contribution in [-0.2, 0) is 6.42 Å². The van der Waals surface area contributed by atoms with Crippen LogP contribution in [0.3, 0.4) is 0 Å². The summed E-state index contributed by atoms with van der Waals surface area (Å²) in [5, 5.41) is 3.53. The Balaban J connectivity index is 2.00. The van der Waals surface area contributed by atoms with Gasteiger partial charge in [0.05, 0.1) is 0 Å². The van der Waals surface area contributed by atoms with Crippen molar-refractivity contribution in [3.63, 3.8) is 0 Å². The van der Waals surface area contributed by atoms with E-state index in [2.05, 4.69) is 36.5 Å². The molecule has 1 aliphatic heterocycles. The topological polar surface area (TPSA) is 38.0 Å². The molecule has 0 radical (unpaired) electrons. The van der Waals surface area contributed by atoms with Crippen molar-refractivity contribution in [1.29, 1.82) is 0 Å². The average Bonchev–Trinajstić information content (AvgIpc) is 2.40. The highest BCUT2D eigenvalue weighted by atomic mass is 15.0. The minimum atomic E-state index is 0.144. The van der Waals surface area contributed by atoms with Gasteiger partial charge in [0.2, 0.25) is 0 Å². The average molecular weight is 232 g/mol. The molecule has 0 amide bonds.